The summed E-state index contributed by atoms with van der Waals surface area (Å²) in [6.45, 7) is 11.3. The lowest BCUT2D eigenvalue weighted by atomic mass is 9.82. The second-order valence-corrected chi connectivity index (χ2v) is 17.8. The van der Waals surface area contributed by atoms with Crippen molar-refractivity contribution in [2.24, 2.45) is 0 Å². The lowest BCUT2D eigenvalue weighted by Crippen LogP contribution is -2.54. The van der Waals surface area contributed by atoms with Gasteiger partial charge in [0.2, 0.25) is 0 Å². The number of halogens is 4. The third-order valence-corrected chi connectivity index (χ3v) is 12.2. The molecule has 0 amide bonds. The monoisotopic (exact) mass is 680 g/mol. The van der Waals surface area contributed by atoms with E-state index in [0.29, 0.717) is 38.2 Å². The lowest BCUT2D eigenvalue weighted by molar-refractivity contribution is 0.0228. The number of anilines is 1. The predicted molar refractivity (Wildman–Crippen MR) is 186 cm³/mol. The fourth-order valence-corrected chi connectivity index (χ4v) is 9.66. The number of likely N-dealkylation sites (tertiary alicyclic amines) is 1. The Morgan fingerprint density at radius 2 is 1.75 bits per heavy atom. The molecule has 6 rings (SSSR count). The van der Waals surface area contributed by atoms with E-state index in [4.69, 9.17) is 4.43 Å². The van der Waals surface area contributed by atoms with Gasteiger partial charge >= 0.3 is 0 Å². The molecule has 0 bridgehead atoms. The molecule has 48 heavy (non-hydrogen) atoms. The van der Waals surface area contributed by atoms with Gasteiger partial charge in [-0.1, -0.05) is 57.2 Å². The Morgan fingerprint density at radius 3 is 2.42 bits per heavy atom. The maximum absolute atomic E-state index is 16.8. The number of nitrogens with one attached hydrogen (secondary N) is 2. The maximum Gasteiger partial charge on any atom is 0.252 e. The molecule has 1 unspecified atom stereocenters. The molecule has 3 heterocycles. The summed E-state index contributed by atoms with van der Waals surface area (Å²) in [4.78, 5) is 4.00. The van der Waals surface area contributed by atoms with Gasteiger partial charge in [-0.3, -0.25) is 19.3 Å². The summed E-state index contributed by atoms with van der Waals surface area (Å²) < 4.78 is 68.3. The highest BCUT2D eigenvalue weighted by molar-refractivity contribution is 6.70. The smallest absolute Gasteiger partial charge is 0.252 e. The molecule has 2 N–H and O–H groups in total. The molecule has 0 saturated carbocycles. The van der Waals surface area contributed by atoms with Gasteiger partial charge in [0.05, 0.1) is 37.1 Å². The van der Waals surface area contributed by atoms with Crippen LogP contribution in [0.4, 0.5) is 23.2 Å². The molecule has 3 atom stereocenters. The number of H-pyrrole nitrogens is 1. The van der Waals surface area contributed by atoms with E-state index in [0.717, 1.165) is 27.2 Å². The van der Waals surface area contributed by atoms with Crippen molar-refractivity contribution < 1.29 is 22.0 Å². The van der Waals surface area contributed by atoms with Crippen molar-refractivity contribution in [3.63, 3.8) is 0 Å². The minimum absolute atomic E-state index is 0.0261. The molecule has 0 spiro atoms. The third kappa shape index (κ3) is 7.34. The second kappa shape index (κ2) is 13.9. The SMILES string of the molecule is C[C@@H]1Cc2c(ccc3[nH]ncc23)[C@@H](c2c(F)cc(NC3CN(CCCF)C3)cc2F)N1CC(C)(F)CO[Si](c1ccccc1)C(C)(C)C. The van der Waals surface area contributed by atoms with Crippen LogP contribution in [-0.2, 0) is 10.8 Å². The van der Waals surface area contributed by atoms with Crippen molar-refractivity contribution in [2.45, 2.75) is 76.3 Å². The van der Waals surface area contributed by atoms with E-state index >= 15 is 13.2 Å². The molecule has 1 radical (unpaired) electrons. The van der Waals surface area contributed by atoms with Crippen LogP contribution in [0.15, 0.2) is 60.8 Å². The van der Waals surface area contributed by atoms with E-state index in [1.165, 1.54) is 19.1 Å². The van der Waals surface area contributed by atoms with Gasteiger partial charge < -0.3 is 9.74 Å². The average Bonchev–Trinajstić information content (AvgIpc) is 3.49. The quantitative estimate of drug-likeness (QED) is 0.124. The van der Waals surface area contributed by atoms with Crippen LogP contribution in [0.5, 0.6) is 0 Å². The molecule has 1 saturated heterocycles. The molecular weight excluding hydrogens is 635 g/mol. The van der Waals surface area contributed by atoms with Crippen molar-refractivity contribution in [3.8, 4) is 0 Å². The van der Waals surface area contributed by atoms with Crippen LogP contribution in [-0.4, -0.2) is 86.3 Å². The van der Waals surface area contributed by atoms with Crippen LogP contribution in [0.3, 0.4) is 0 Å². The molecule has 0 aliphatic carbocycles. The highest BCUT2D eigenvalue weighted by Crippen LogP contribution is 2.44. The highest BCUT2D eigenvalue weighted by Gasteiger charge is 2.42. The van der Waals surface area contributed by atoms with Crippen LogP contribution < -0.4 is 10.5 Å². The largest absolute Gasteiger partial charge is 0.408 e. The van der Waals surface area contributed by atoms with Crippen molar-refractivity contribution >= 4 is 30.8 Å². The van der Waals surface area contributed by atoms with E-state index in [1.54, 1.807) is 6.20 Å². The zero-order chi connectivity index (χ0) is 34.2. The van der Waals surface area contributed by atoms with Crippen molar-refractivity contribution in [1.82, 2.24) is 20.0 Å². The number of hydrogen-bond acceptors (Lipinski definition) is 5. The number of rotatable bonds is 12. The Hall–Kier alpha value is -3.25. The summed E-state index contributed by atoms with van der Waals surface area (Å²) in [6, 6.07) is 15.3. The number of hydrogen-bond donors (Lipinski definition) is 2. The van der Waals surface area contributed by atoms with Crippen LogP contribution in [0.1, 0.15) is 63.8 Å². The first kappa shape index (κ1) is 34.6. The Bertz CT molecular complexity index is 1680. The van der Waals surface area contributed by atoms with E-state index in [9.17, 15) is 4.39 Å². The molecule has 3 aromatic carbocycles. The van der Waals surface area contributed by atoms with Gasteiger partial charge in [0.15, 0.2) is 0 Å². The first-order valence-corrected chi connectivity index (χ1v) is 18.2. The van der Waals surface area contributed by atoms with Crippen molar-refractivity contribution in [3.05, 3.63) is 89.1 Å². The Balaban J connectivity index is 1.30. The first-order chi connectivity index (χ1) is 22.8. The fraction of sp³-hybridized carbons (Fsp3) is 0.486. The molecule has 1 aromatic heterocycles. The van der Waals surface area contributed by atoms with Gasteiger partial charge in [0.1, 0.15) is 17.3 Å². The minimum atomic E-state index is -1.81. The first-order valence-electron chi connectivity index (χ1n) is 16.8. The van der Waals surface area contributed by atoms with E-state index < -0.39 is 32.4 Å². The molecule has 1 fully saturated rings. The normalized spacial score (nSPS) is 20.5. The number of benzene rings is 3. The Morgan fingerprint density at radius 1 is 1.04 bits per heavy atom. The molecule has 11 heteroatoms. The van der Waals surface area contributed by atoms with Gasteiger partial charge in [-0.25, -0.2) is 13.2 Å². The summed E-state index contributed by atoms with van der Waals surface area (Å²) in [6.07, 6.45) is 2.79. The third-order valence-electron chi connectivity index (χ3n) is 9.50. The summed E-state index contributed by atoms with van der Waals surface area (Å²) in [5.74, 6) is -1.37. The highest BCUT2D eigenvalue weighted by atomic mass is 28.3. The summed E-state index contributed by atoms with van der Waals surface area (Å²) in [5, 5.41) is 12.2. The van der Waals surface area contributed by atoms with E-state index in [1.807, 2.05) is 54.3 Å². The van der Waals surface area contributed by atoms with Gasteiger partial charge in [0.25, 0.3) is 9.04 Å². The van der Waals surface area contributed by atoms with Gasteiger partial charge in [-0.2, -0.15) is 5.10 Å². The fourth-order valence-electron chi connectivity index (χ4n) is 7.25. The number of alkyl halides is 2. The van der Waals surface area contributed by atoms with E-state index in [2.05, 4.69) is 41.2 Å². The molecular formula is C37H46F4N5OSi. The summed E-state index contributed by atoms with van der Waals surface area (Å²) >= 11 is 0. The Labute approximate surface area is 282 Å². The minimum Gasteiger partial charge on any atom is -0.408 e. The number of fused-ring (bicyclic) bond motifs is 3. The maximum atomic E-state index is 16.8. The van der Waals surface area contributed by atoms with Gasteiger partial charge in [-0.05, 0) is 66.2 Å². The number of aromatic nitrogens is 2. The standard InChI is InChI=1S/C37H46F4N5OSi/c1-24-16-29-28(12-13-33-30(29)19-42-44-33)35(34-31(39)17-25(18-32(34)40)43-26-20-45(21-26)15-9-14-38)46(24)22-37(5,41)23-47-48(36(2,3)4)27-10-7-6-8-11-27/h6-8,10-13,17-19,24,26,35,43H,9,14-16,20-23H2,1-5H3,(H,42,44)/t24-,35+,37?/m1/s1. The number of nitrogens with zero attached hydrogens (tertiary/aromatic N) is 3. The van der Waals surface area contributed by atoms with Gasteiger partial charge in [-0.15, -0.1) is 0 Å². The van der Waals surface area contributed by atoms with Gasteiger partial charge in [0, 0.05) is 48.9 Å². The Kier molecular flexibility index (Phi) is 10.0. The lowest BCUT2D eigenvalue weighted by Gasteiger charge is -2.45. The molecule has 2 aliphatic heterocycles. The zero-order valence-electron chi connectivity index (χ0n) is 28.4. The van der Waals surface area contributed by atoms with Crippen LogP contribution in [0, 0.1) is 11.6 Å². The van der Waals surface area contributed by atoms with E-state index in [-0.39, 0.29) is 42.5 Å². The molecule has 4 aromatic rings. The van der Waals surface area contributed by atoms with Crippen LogP contribution in [0.25, 0.3) is 10.9 Å². The topological polar surface area (TPSA) is 56.4 Å². The zero-order valence-corrected chi connectivity index (χ0v) is 29.4. The summed E-state index contributed by atoms with van der Waals surface area (Å²) in [7, 11) is -1.60. The predicted octanol–water partition coefficient (Wildman–Crippen LogP) is 7.08. The van der Waals surface area contributed by atoms with Crippen LogP contribution in [0.2, 0.25) is 5.04 Å². The summed E-state index contributed by atoms with van der Waals surface area (Å²) in [5.41, 5.74) is 0.977. The molecule has 6 nitrogen and oxygen atoms in total. The molecule has 2 aliphatic rings. The number of aromatic amines is 1. The van der Waals surface area contributed by atoms with Crippen molar-refractivity contribution in [1.29, 1.82) is 0 Å². The molecule has 257 valence electrons. The average molecular weight is 681 g/mol. The van der Waals surface area contributed by atoms with Crippen molar-refractivity contribution in [2.75, 3.05) is 44.8 Å². The second-order valence-electron chi connectivity index (χ2n) is 14.7. The van der Waals surface area contributed by atoms with Crippen LogP contribution >= 0.6 is 0 Å².